The molecule has 0 bridgehead atoms. The van der Waals surface area contributed by atoms with Gasteiger partial charge in [-0.1, -0.05) is 102 Å². The third kappa shape index (κ3) is 25.8. The van der Waals surface area contributed by atoms with E-state index in [2.05, 4.69) is 57.1 Å². The van der Waals surface area contributed by atoms with Crippen LogP contribution in [0.15, 0.2) is 24.3 Å². The SMILES string of the molecule is CCCCCC=CCC=CCCCCCCCCOCC(COCCCCCCC)N(C)C. The highest BCUT2D eigenvalue weighted by Gasteiger charge is 2.11. The largest absolute Gasteiger partial charge is 0.380 e. The highest BCUT2D eigenvalue weighted by molar-refractivity contribution is 4.92. The fourth-order valence-electron chi connectivity index (χ4n) is 3.79. The smallest absolute Gasteiger partial charge is 0.0644 e. The molecule has 0 saturated heterocycles. The van der Waals surface area contributed by atoms with Crippen LogP contribution in [-0.4, -0.2) is 51.5 Å². The second-order valence-electron chi connectivity index (χ2n) is 9.77. The molecule has 3 heteroatoms. The summed E-state index contributed by atoms with van der Waals surface area (Å²) in [6, 6.07) is 0.366. The molecular weight excluding hydrogens is 406 g/mol. The third-order valence-electron chi connectivity index (χ3n) is 6.23. The van der Waals surface area contributed by atoms with Crippen LogP contribution in [0.25, 0.3) is 0 Å². The van der Waals surface area contributed by atoms with E-state index in [0.717, 1.165) is 32.8 Å². The Balaban J connectivity index is 3.44. The Kier molecular flexibility index (Phi) is 27.1. The molecule has 0 heterocycles. The van der Waals surface area contributed by atoms with E-state index in [0.29, 0.717) is 6.04 Å². The Hall–Kier alpha value is -0.640. The van der Waals surface area contributed by atoms with Gasteiger partial charge in [0.1, 0.15) is 0 Å². The minimum atomic E-state index is 0.366. The van der Waals surface area contributed by atoms with Crippen LogP contribution in [0.3, 0.4) is 0 Å². The summed E-state index contributed by atoms with van der Waals surface area (Å²) < 4.78 is 11.8. The molecule has 0 aliphatic carbocycles. The molecule has 0 aliphatic rings. The molecule has 0 aromatic heterocycles. The summed E-state index contributed by atoms with van der Waals surface area (Å²) >= 11 is 0. The fraction of sp³-hybridized carbons (Fsp3) is 0.867. The molecule has 196 valence electrons. The number of nitrogens with zero attached hydrogens (tertiary/aromatic N) is 1. The standard InChI is InChI=1S/C30H59NO2/c1-5-7-9-11-12-13-14-15-16-17-18-19-20-21-23-25-27-33-29-30(31(3)4)28-32-26-24-22-10-8-6-2/h12-13,15-16,30H,5-11,14,17-29H2,1-4H3. The summed E-state index contributed by atoms with van der Waals surface area (Å²) in [5.74, 6) is 0. The van der Waals surface area contributed by atoms with E-state index >= 15 is 0 Å². The molecule has 0 aromatic rings. The van der Waals surface area contributed by atoms with E-state index in [9.17, 15) is 0 Å². The quantitative estimate of drug-likeness (QED) is 0.0941. The van der Waals surface area contributed by atoms with Crippen molar-refractivity contribution in [1.82, 2.24) is 4.90 Å². The van der Waals surface area contributed by atoms with Crippen LogP contribution in [0.2, 0.25) is 0 Å². The van der Waals surface area contributed by atoms with Crippen LogP contribution in [0.5, 0.6) is 0 Å². The Morgan fingerprint density at radius 2 is 0.970 bits per heavy atom. The molecule has 0 rings (SSSR count). The summed E-state index contributed by atoms with van der Waals surface area (Å²) in [6.45, 7) is 7.86. The van der Waals surface area contributed by atoms with E-state index in [1.807, 2.05) is 0 Å². The molecule has 1 atom stereocenters. The summed E-state index contributed by atoms with van der Waals surface area (Å²) in [7, 11) is 4.25. The van der Waals surface area contributed by atoms with Crippen molar-refractivity contribution >= 4 is 0 Å². The summed E-state index contributed by atoms with van der Waals surface area (Å²) in [5, 5.41) is 0. The number of rotatable bonds is 26. The summed E-state index contributed by atoms with van der Waals surface area (Å²) in [5.41, 5.74) is 0. The zero-order valence-corrected chi connectivity index (χ0v) is 23.0. The van der Waals surface area contributed by atoms with Gasteiger partial charge < -0.3 is 14.4 Å². The topological polar surface area (TPSA) is 21.7 Å². The number of allylic oxidation sites excluding steroid dienone is 4. The first-order chi connectivity index (χ1) is 16.2. The molecule has 0 saturated carbocycles. The maximum Gasteiger partial charge on any atom is 0.0644 e. The lowest BCUT2D eigenvalue weighted by molar-refractivity contribution is 0.0197. The van der Waals surface area contributed by atoms with Gasteiger partial charge in [-0.3, -0.25) is 0 Å². The van der Waals surface area contributed by atoms with Crippen molar-refractivity contribution in [1.29, 1.82) is 0 Å². The molecule has 3 nitrogen and oxygen atoms in total. The van der Waals surface area contributed by atoms with Gasteiger partial charge >= 0.3 is 0 Å². The van der Waals surface area contributed by atoms with Crippen molar-refractivity contribution in [2.24, 2.45) is 0 Å². The van der Waals surface area contributed by atoms with Crippen LogP contribution in [0.4, 0.5) is 0 Å². The van der Waals surface area contributed by atoms with Crippen molar-refractivity contribution < 1.29 is 9.47 Å². The first-order valence-electron chi connectivity index (χ1n) is 14.3. The average molecular weight is 466 g/mol. The minimum Gasteiger partial charge on any atom is -0.380 e. The zero-order chi connectivity index (χ0) is 24.2. The van der Waals surface area contributed by atoms with Crippen molar-refractivity contribution in [3.63, 3.8) is 0 Å². The predicted octanol–water partition coefficient (Wildman–Crippen LogP) is 8.73. The number of ether oxygens (including phenoxy) is 2. The van der Waals surface area contributed by atoms with Crippen LogP contribution in [-0.2, 0) is 9.47 Å². The summed E-state index contributed by atoms with van der Waals surface area (Å²) in [6.07, 6.45) is 31.3. The Labute approximate surface area is 208 Å². The van der Waals surface area contributed by atoms with Crippen molar-refractivity contribution in [2.75, 3.05) is 40.5 Å². The van der Waals surface area contributed by atoms with Crippen LogP contribution >= 0.6 is 0 Å². The molecule has 0 aliphatic heterocycles. The Morgan fingerprint density at radius 3 is 1.48 bits per heavy atom. The van der Waals surface area contributed by atoms with Gasteiger partial charge in [-0.05, 0) is 59.0 Å². The van der Waals surface area contributed by atoms with Gasteiger partial charge in [0.2, 0.25) is 0 Å². The average Bonchev–Trinajstić information content (AvgIpc) is 2.81. The van der Waals surface area contributed by atoms with Crippen LogP contribution in [0.1, 0.15) is 123 Å². The second-order valence-corrected chi connectivity index (χ2v) is 9.77. The maximum atomic E-state index is 5.95. The van der Waals surface area contributed by atoms with Gasteiger partial charge in [-0.25, -0.2) is 0 Å². The first-order valence-corrected chi connectivity index (χ1v) is 14.3. The number of likely N-dealkylation sites (N-methyl/N-ethyl adjacent to an activating group) is 1. The van der Waals surface area contributed by atoms with Gasteiger partial charge in [0.05, 0.1) is 19.3 Å². The maximum absolute atomic E-state index is 5.95. The molecule has 0 spiro atoms. The lowest BCUT2D eigenvalue weighted by atomic mass is 10.1. The highest BCUT2D eigenvalue weighted by atomic mass is 16.5. The van der Waals surface area contributed by atoms with Crippen LogP contribution in [0, 0.1) is 0 Å². The highest BCUT2D eigenvalue weighted by Crippen LogP contribution is 2.09. The first kappa shape index (κ1) is 32.4. The molecule has 0 fully saturated rings. The predicted molar refractivity (Wildman–Crippen MR) is 147 cm³/mol. The van der Waals surface area contributed by atoms with Gasteiger partial charge in [0, 0.05) is 13.2 Å². The molecular formula is C30H59NO2. The number of hydrogen-bond acceptors (Lipinski definition) is 3. The van der Waals surface area contributed by atoms with E-state index in [1.54, 1.807) is 0 Å². The van der Waals surface area contributed by atoms with Crippen molar-refractivity contribution in [2.45, 2.75) is 129 Å². The van der Waals surface area contributed by atoms with E-state index in [1.165, 1.54) is 103 Å². The number of hydrogen-bond donors (Lipinski definition) is 0. The molecule has 0 radical (unpaired) electrons. The van der Waals surface area contributed by atoms with Gasteiger partial charge in [0.25, 0.3) is 0 Å². The lowest BCUT2D eigenvalue weighted by Gasteiger charge is -2.24. The molecule has 0 N–H and O–H groups in total. The zero-order valence-electron chi connectivity index (χ0n) is 23.0. The van der Waals surface area contributed by atoms with E-state index < -0.39 is 0 Å². The monoisotopic (exact) mass is 465 g/mol. The Bertz CT molecular complexity index is 420. The number of unbranched alkanes of at least 4 members (excludes halogenated alkanes) is 13. The van der Waals surface area contributed by atoms with Crippen LogP contribution < -0.4 is 0 Å². The van der Waals surface area contributed by atoms with Gasteiger partial charge in [0.15, 0.2) is 0 Å². The summed E-state index contributed by atoms with van der Waals surface area (Å²) in [4.78, 5) is 2.23. The fourth-order valence-corrected chi connectivity index (χ4v) is 3.79. The van der Waals surface area contributed by atoms with Crippen molar-refractivity contribution in [3.8, 4) is 0 Å². The van der Waals surface area contributed by atoms with E-state index in [-0.39, 0.29) is 0 Å². The van der Waals surface area contributed by atoms with Gasteiger partial charge in [-0.15, -0.1) is 0 Å². The molecule has 0 amide bonds. The molecule has 1 unspecified atom stereocenters. The third-order valence-corrected chi connectivity index (χ3v) is 6.23. The van der Waals surface area contributed by atoms with Crippen molar-refractivity contribution in [3.05, 3.63) is 24.3 Å². The second kappa shape index (κ2) is 27.6. The molecule has 0 aromatic carbocycles. The molecule has 33 heavy (non-hydrogen) atoms. The van der Waals surface area contributed by atoms with Gasteiger partial charge in [-0.2, -0.15) is 0 Å². The minimum absolute atomic E-state index is 0.366. The lowest BCUT2D eigenvalue weighted by Crippen LogP contribution is -2.37. The van der Waals surface area contributed by atoms with E-state index in [4.69, 9.17) is 9.47 Å². The normalized spacial score (nSPS) is 13.1. The Morgan fingerprint density at radius 1 is 0.545 bits per heavy atom.